The van der Waals surface area contributed by atoms with Crippen LogP contribution in [0.3, 0.4) is 0 Å². The Labute approximate surface area is 110 Å². The van der Waals surface area contributed by atoms with E-state index >= 15 is 0 Å². The van der Waals surface area contributed by atoms with Gasteiger partial charge in [-0.1, -0.05) is 39.2 Å². The summed E-state index contributed by atoms with van der Waals surface area (Å²) >= 11 is 0. The van der Waals surface area contributed by atoms with E-state index in [4.69, 9.17) is 4.74 Å². The van der Waals surface area contributed by atoms with Crippen LogP contribution >= 0.6 is 0 Å². The van der Waals surface area contributed by atoms with Crippen molar-refractivity contribution in [2.45, 2.75) is 46.0 Å². The van der Waals surface area contributed by atoms with Gasteiger partial charge in [-0.05, 0) is 12.8 Å². The molecule has 0 aromatic heterocycles. The number of carbonyl (C=O) groups is 2. The van der Waals surface area contributed by atoms with Gasteiger partial charge in [0.25, 0.3) is 0 Å². The fraction of sp³-hybridized carbons (Fsp3) is 0.733. The van der Waals surface area contributed by atoms with E-state index in [1.807, 2.05) is 13.8 Å². The van der Waals surface area contributed by atoms with E-state index in [1.165, 1.54) is 13.5 Å². The highest BCUT2D eigenvalue weighted by Crippen LogP contribution is 2.35. The van der Waals surface area contributed by atoms with Crippen molar-refractivity contribution in [3.05, 3.63) is 12.7 Å². The molecular weight excluding hydrogens is 228 g/mol. The van der Waals surface area contributed by atoms with Crippen LogP contribution in [-0.2, 0) is 14.3 Å². The second kappa shape index (κ2) is 6.17. The van der Waals surface area contributed by atoms with Crippen molar-refractivity contribution in [2.24, 2.45) is 17.3 Å². The molecule has 1 aliphatic rings. The van der Waals surface area contributed by atoms with Gasteiger partial charge in [-0.2, -0.15) is 0 Å². The van der Waals surface area contributed by atoms with Crippen molar-refractivity contribution in [1.29, 1.82) is 0 Å². The lowest BCUT2D eigenvalue weighted by molar-refractivity contribution is -0.154. The lowest BCUT2D eigenvalue weighted by Crippen LogP contribution is -2.40. The van der Waals surface area contributed by atoms with E-state index in [1.54, 1.807) is 6.08 Å². The average Bonchev–Trinajstić information content (AvgIpc) is 2.39. The third kappa shape index (κ3) is 3.21. The van der Waals surface area contributed by atoms with Gasteiger partial charge in [0, 0.05) is 11.3 Å². The van der Waals surface area contributed by atoms with Crippen LogP contribution in [0.1, 0.15) is 46.0 Å². The molecule has 3 nitrogen and oxygen atoms in total. The molecule has 18 heavy (non-hydrogen) atoms. The zero-order valence-corrected chi connectivity index (χ0v) is 11.7. The Morgan fingerprint density at radius 2 is 1.83 bits per heavy atom. The number of hydrogen-bond acceptors (Lipinski definition) is 3. The standard InChI is InChI=1S/C15H24O3/c1-5-15(2,3)12(14(17)18-4)13(16)11-9-7-6-8-10-11/h5,11-12H,1,6-10H2,2-4H3. The Balaban J connectivity index is 2.91. The third-order valence-corrected chi connectivity index (χ3v) is 4.00. The molecule has 0 aromatic carbocycles. The number of carbonyl (C=O) groups excluding carboxylic acids is 2. The summed E-state index contributed by atoms with van der Waals surface area (Å²) in [6.45, 7) is 7.46. The number of hydrogen-bond donors (Lipinski definition) is 0. The van der Waals surface area contributed by atoms with Crippen LogP contribution in [0.25, 0.3) is 0 Å². The molecule has 3 heteroatoms. The summed E-state index contributed by atoms with van der Waals surface area (Å²) in [5, 5.41) is 0. The minimum atomic E-state index is -0.719. The number of rotatable bonds is 5. The number of ether oxygens (including phenoxy) is 1. The van der Waals surface area contributed by atoms with Gasteiger partial charge >= 0.3 is 5.97 Å². The molecule has 0 aliphatic heterocycles. The van der Waals surface area contributed by atoms with Crippen LogP contribution in [0.5, 0.6) is 0 Å². The molecule has 1 aliphatic carbocycles. The summed E-state index contributed by atoms with van der Waals surface area (Å²) in [7, 11) is 1.34. The van der Waals surface area contributed by atoms with Crippen molar-refractivity contribution < 1.29 is 14.3 Å². The molecule has 0 saturated heterocycles. The first kappa shape index (κ1) is 14.9. The Hall–Kier alpha value is -1.12. The van der Waals surface area contributed by atoms with Crippen molar-refractivity contribution in [3.63, 3.8) is 0 Å². The maximum absolute atomic E-state index is 12.6. The first-order valence-electron chi connectivity index (χ1n) is 6.69. The molecule has 1 unspecified atom stereocenters. The number of methoxy groups -OCH3 is 1. The molecule has 0 spiro atoms. The quantitative estimate of drug-likeness (QED) is 0.429. The van der Waals surface area contributed by atoms with Gasteiger partial charge in [0.05, 0.1) is 7.11 Å². The number of esters is 1. The normalized spacial score (nSPS) is 19.1. The van der Waals surface area contributed by atoms with Crippen LogP contribution in [0.15, 0.2) is 12.7 Å². The minimum absolute atomic E-state index is 0.0158. The van der Waals surface area contributed by atoms with Crippen molar-refractivity contribution in [2.75, 3.05) is 7.11 Å². The molecule has 1 atom stereocenters. The highest BCUT2D eigenvalue weighted by Gasteiger charge is 2.42. The number of Topliss-reactive ketones (excluding diaryl/α,β-unsaturated/α-hetero) is 1. The SMILES string of the molecule is C=CC(C)(C)C(C(=O)OC)C(=O)C1CCCCC1. The zero-order chi connectivity index (χ0) is 13.8. The first-order valence-corrected chi connectivity index (χ1v) is 6.69. The van der Waals surface area contributed by atoms with E-state index in [9.17, 15) is 9.59 Å². The second-order valence-electron chi connectivity index (χ2n) is 5.72. The molecule has 0 radical (unpaired) electrons. The molecule has 1 rings (SSSR count). The Morgan fingerprint density at radius 3 is 2.28 bits per heavy atom. The molecule has 0 heterocycles. The number of ketones is 1. The summed E-state index contributed by atoms with van der Waals surface area (Å²) in [6.07, 6.45) is 6.84. The van der Waals surface area contributed by atoms with E-state index in [2.05, 4.69) is 6.58 Å². The molecule has 0 bridgehead atoms. The van der Waals surface area contributed by atoms with Crippen molar-refractivity contribution >= 4 is 11.8 Å². The van der Waals surface area contributed by atoms with Gasteiger partial charge < -0.3 is 4.74 Å². The molecule has 0 N–H and O–H groups in total. The van der Waals surface area contributed by atoms with Gasteiger partial charge in [-0.15, -0.1) is 6.58 Å². The predicted molar refractivity (Wildman–Crippen MR) is 71.1 cm³/mol. The topological polar surface area (TPSA) is 43.4 Å². The van der Waals surface area contributed by atoms with E-state index in [0.717, 1.165) is 25.7 Å². The van der Waals surface area contributed by atoms with Gasteiger partial charge in [-0.25, -0.2) is 0 Å². The van der Waals surface area contributed by atoms with Crippen molar-refractivity contribution in [3.8, 4) is 0 Å². The Morgan fingerprint density at radius 1 is 1.28 bits per heavy atom. The summed E-state index contributed by atoms with van der Waals surface area (Å²) < 4.78 is 4.80. The lowest BCUT2D eigenvalue weighted by Gasteiger charge is -2.32. The van der Waals surface area contributed by atoms with E-state index < -0.39 is 17.3 Å². The second-order valence-corrected chi connectivity index (χ2v) is 5.72. The Kier molecular flexibility index (Phi) is 5.12. The molecule has 0 aromatic rings. The fourth-order valence-electron chi connectivity index (χ4n) is 2.65. The summed E-state index contributed by atoms with van der Waals surface area (Å²) in [5.41, 5.74) is -0.554. The lowest BCUT2D eigenvalue weighted by atomic mass is 9.71. The van der Waals surface area contributed by atoms with Crippen LogP contribution in [0.2, 0.25) is 0 Å². The smallest absolute Gasteiger partial charge is 0.317 e. The van der Waals surface area contributed by atoms with E-state index in [-0.39, 0.29) is 11.7 Å². The van der Waals surface area contributed by atoms with Crippen LogP contribution < -0.4 is 0 Å². The van der Waals surface area contributed by atoms with Gasteiger partial charge in [-0.3, -0.25) is 9.59 Å². The summed E-state index contributed by atoms with van der Waals surface area (Å²) in [4.78, 5) is 24.5. The van der Waals surface area contributed by atoms with Gasteiger partial charge in [0.1, 0.15) is 5.92 Å². The zero-order valence-electron chi connectivity index (χ0n) is 11.7. The number of allylic oxidation sites excluding steroid dienone is 1. The fourth-order valence-corrected chi connectivity index (χ4v) is 2.65. The summed E-state index contributed by atoms with van der Waals surface area (Å²) in [6, 6.07) is 0. The molecule has 1 saturated carbocycles. The highest BCUT2D eigenvalue weighted by molar-refractivity contribution is 6.01. The van der Waals surface area contributed by atoms with Gasteiger partial charge in [0.2, 0.25) is 0 Å². The van der Waals surface area contributed by atoms with Gasteiger partial charge in [0.15, 0.2) is 5.78 Å². The average molecular weight is 252 g/mol. The molecule has 102 valence electrons. The van der Waals surface area contributed by atoms with Crippen LogP contribution in [-0.4, -0.2) is 18.9 Å². The van der Waals surface area contributed by atoms with E-state index in [0.29, 0.717) is 0 Å². The van der Waals surface area contributed by atoms with Crippen LogP contribution in [0.4, 0.5) is 0 Å². The largest absolute Gasteiger partial charge is 0.468 e. The molecule has 1 fully saturated rings. The Bertz CT molecular complexity index is 325. The van der Waals surface area contributed by atoms with Crippen molar-refractivity contribution in [1.82, 2.24) is 0 Å². The monoisotopic (exact) mass is 252 g/mol. The highest BCUT2D eigenvalue weighted by atomic mass is 16.5. The molecular formula is C15H24O3. The maximum Gasteiger partial charge on any atom is 0.317 e. The molecule has 0 amide bonds. The predicted octanol–water partition coefficient (Wildman–Crippen LogP) is 3.14. The third-order valence-electron chi connectivity index (χ3n) is 4.00. The summed E-state index contributed by atoms with van der Waals surface area (Å²) in [5.74, 6) is -1.10. The maximum atomic E-state index is 12.6. The van der Waals surface area contributed by atoms with Crippen LogP contribution in [0, 0.1) is 17.3 Å². The first-order chi connectivity index (χ1) is 8.44. The minimum Gasteiger partial charge on any atom is -0.468 e.